The number of imidazole rings is 3. The Morgan fingerprint density at radius 2 is 0.741 bits per heavy atom. The molecule has 4 N–H and O–H groups in total. The summed E-state index contributed by atoms with van der Waals surface area (Å²) >= 11 is 0. The van der Waals surface area contributed by atoms with E-state index in [1.807, 2.05) is 54.6 Å². The molecule has 18 nitrogen and oxygen atoms in total. The summed E-state index contributed by atoms with van der Waals surface area (Å²) in [6, 6.07) is 42.5. The van der Waals surface area contributed by atoms with Crippen LogP contribution in [0.1, 0.15) is 146 Å². The Morgan fingerprint density at radius 1 is 0.424 bits per heavy atom. The lowest BCUT2D eigenvalue weighted by Gasteiger charge is -2.28. The molecule has 0 bridgehead atoms. The molecule has 6 heterocycles. The molecule has 6 fully saturated rings. The number of methoxy groups -OCH3 is 1. The monoisotopic (exact) mass is 1140 g/mol. The van der Waals surface area contributed by atoms with E-state index < -0.39 is 0 Å². The number of cyclic esters (lactones) is 3. The van der Waals surface area contributed by atoms with Gasteiger partial charge in [-0.05, 0) is 170 Å². The second-order valence-corrected chi connectivity index (χ2v) is 23.2. The minimum Gasteiger partial charge on any atom is -0.447 e. The molecule has 436 valence electrons. The number of ketones is 1. The Kier molecular flexibility index (Phi) is 15.9. The SMILES string of the molecule is COC1CCC(c2ccc(C3COC(=O)N3c3ccc4nc[nH]c4c3)cc2)CC1.O=C1CCC(c2ccc(C3COC(=O)N3c3ccc4nc[nH]c4c3)cc2)CC1.O=C1OCC(c2ccc(C3CCC(O)CC3)cc2)N1c1ccc2nc[nH]c2c1. The number of nitrogens with one attached hydrogen (secondary N) is 3. The highest BCUT2D eigenvalue weighted by Crippen LogP contribution is 2.41. The number of hydrogen-bond donors (Lipinski definition) is 4. The maximum atomic E-state index is 12.5. The lowest BCUT2D eigenvalue weighted by atomic mass is 9.82. The Labute approximate surface area is 491 Å². The van der Waals surface area contributed by atoms with Crippen molar-refractivity contribution in [1.82, 2.24) is 29.9 Å². The van der Waals surface area contributed by atoms with Gasteiger partial charge in [0.25, 0.3) is 0 Å². The third-order valence-electron chi connectivity index (χ3n) is 18.3. The van der Waals surface area contributed by atoms with Crippen molar-refractivity contribution in [3.63, 3.8) is 0 Å². The van der Waals surface area contributed by atoms with E-state index in [1.54, 1.807) is 40.8 Å². The molecule has 18 heteroatoms. The average Bonchev–Trinajstić information content (AvgIpc) is 4.37. The number of ether oxygens (including phenoxy) is 4. The fourth-order valence-corrected chi connectivity index (χ4v) is 13.4. The standard InChI is InChI=1S/C23H25N3O3.C22H23N3O3.C22H21N3O3/c1-28-19-9-6-16(7-10-19)15-2-4-17(5-3-15)22-13-29-23(27)26(22)18-8-11-20-21(12-18)25-14-24-20;2*26-18-8-5-15(6-9-18)14-1-3-16(4-2-14)21-12-28-22(27)25(21)17-7-10-19-20(11-17)24-13-23-19/h2-5,8,11-12,14,16,19,22H,6-7,9-10,13H2,1H3,(H,24,25);1-4,7,10-11,13,15,18,21,26H,5-6,8-9,12H2,(H,23,24);1-4,7,10-11,13,15,21H,5-6,8-9,12H2,(H,23,24). The lowest BCUT2D eigenvalue weighted by molar-refractivity contribution is -0.120. The van der Waals surface area contributed by atoms with Gasteiger partial charge in [-0.2, -0.15) is 0 Å². The number of carbonyl (C=O) groups is 4. The molecule has 3 saturated heterocycles. The number of aromatic amines is 3. The second-order valence-electron chi connectivity index (χ2n) is 23.2. The zero-order chi connectivity index (χ0) is 58.0. The molecule has 3 unspecified atom stereocenters. The second kappa shape index (κ2) is 24.4. The van der Waals surface area contributed by atoms with Crippen LogP contribution in [0.25, 0.3) is 33.1 Å². The van der Waals surface area contributed by atoms with Gasteiger partial charge >= 0.3 is 18.3 Å². The summed E-state index contributed by atoms with van der Waals surface area (Å²) < 4.78 is 21.6. The lowest BCUT2D eigenvalue weighted by Crippen LogP contribution is -2.27. The summed E-state index contributed by atoms with van der Waals surface area (Å²) in [5.41, 5.74) is 14.9. The van der Waals surface area contributed by atoms with Gasteiger partial charge in [0.15, 0.2) is 0 Å². The number of fused-ring (bicyclic) bond motifs is 3. The molecule has 3 aliphatic carbocycles. The molecule has 0 radical (unpaired) electrons. The van der Waals surface area contributed by atoms with Crippen LogP contribution in [0.5, 0.6) is 0 Å². The predicted molar refractivity (Wildman–Crippen MR) is 323 cm³/mol. The van der Waals surface area contributed by atoms with Crippen molar-refractivity contribution in [2.45, 2.75) is 125 Å². The van der Waals surface area contributed by atoms with Crippen molar-refractivity contribution in [2.75, 3.05) is 41.6 Å². The van der Waals surface area contributed by atoms with Gasteiger partial charge in [0, 0.05) is 20.0 Å². The smallest absolute Gasteiger partial charge is 0.415 e. The molecule has 6 aliphatic rings. The van der Waals surface area contributed by atoms with E-state index in [0.29, 0.717) is 62.3 Å². The van der Waals surface area contributed by atoms with Gasteiger partial charge in [-0.1, -0.05) is 72.8 Å². The summed E-state index contributed by atoms with van der Waals surface area (Å²) in [5, 5.41) is 9.72. The first-order chi connectivity index (χ1) is 41.6. The van der Waals surface area contributed by atoms with Crippen LogP contribution < -0.4 is 14.7 Å². The fourth-order valence-electron chi connectivity index (χ4n) is 13.4. The van der Waals surface area contributed by atoms with E-state index in [2.05, 4.69) is 103 Å². The molecule has 6 aromatic carbocycles. The minimum absolute atomic E-state index is 0.124. The van der Waals surface area contributed by atoms with Gasteiger partial charge in [-0.3, -0.25) is 19.5 Å². The van der Waals surface area contributed by atoms with Crippen LogP contribution in [0.3, 0.4) is 0 Å². The number of aliphatic hydroxyl groups is 1. The molecule has 0 spiro atoms. The van der Waals surface area contributed by atoms with E-state index in [0.717, 1.165) is 118 Å². The zero-order valence-corrected chi connectivity index (χ0v) is 47.5. The number of H-pyrrole nitrogens is 3. The van der Waals surface area contributed by atoms with Gasteiger partial charge in [-0.15, -0.1) is 0 Å². The van der Waals surface area contributed by atoms with Crippen LogP contribution >= 0.6 is 0 Å². The Morgan fingerprint density at radius 3 is 1.08 bits per heavy atom. The van der Waals surface area contributed by atoms with Gasteiger partial charge in [0.05, 0.1) is 99.5 Å². The van der Waals surface area contributed by atoms with E-state index in [1.165, 1.54) is 29.5 Å². The number of benzene rings is 6. The van der Waals surface area contributed by atoms with Crippen molar-refractivity contribution < 1.29 is 43.2 Å². The predicted octanol–water partition coefficient (Wildman–Crippen LogP) is 13.7. The van der Waals surface area contributed by atoms with Gasteiger partial charge in [0.2, 0.25) is 0 Å². The number of hydrogen-bond acceptors (Lipinski definition) is 12. The van der Waals surface area contributed by atoms with E-state index in [-0.39, 0.29) is 42.5 Å². The van der Waals surface area contributed by atoms with Crippen LogP contribution in [0, 0.1) is 0 Å². The van der Waals surface area contributed by atoms with Crippen LogP contribution in [0.2, 0.25) is 0 Å². The number of anilines is 3. The van der Waals surface area contributed by atoms with Crippen molar-refractivity contribution in [2.24, 2.45) is 0 Å². The first-order valence-corrected chi connectivity index (χ1v) is 29.8. The zero-order valence-electron chi connectivity index (χ0n) is 47.5. The average molecular weight is 1140 g/mol. The van der Waals surface area contributed by atoms with Crippen LogP contribution in [0.4, 0.5) is 31.4 Å². The fraction of sp³-hybridized carbons (Fsp3) is 0.358. The topological polar surface area (TPSA) is 221 Å². The molecular formula is C67H69N9O9. The molecule has 3 saturated carbocycles. The molecule has 3 amide bonds. The third kappa shape index (κ3) is 11.7. The van der Waals surface area contributed by atoms with Gasteiger partial charge < -0.3 is 39.0 Å². The van der Waals surface area contributed by atoms with Crippen LogP contribution in [-0.4, -0.2) is 98.2 Å². The van der Waals surface area contributed by atoms with E-state index >= 15 is 0 Å². The number of nitrogens with zero attached hydrogens (tertiary/aromatic N) is 6. The molecule has 15 rings (SSSR count). The summed E-state index contributed by atoms with van der Waals surface area (Å²) in [7, 11) is 1.81. The van der Waals surface area contributed by atoms with E-state index in [9.17, 15) is 24.3 Å². The van der Waals surface area contributed by atoms with Crippen molar-refractivity contribution in [3.05, 3.63) is 180 Å². The third-order valence-corrected chi connectivity index (χ3v) is 18.3. The molecular weight excluding hydrogens is 1070 g/mol. The first kappa shape index (κ1) is 55.3. The van der Waals surface area contributed by atoms with Crippen LogP contribution in [-0.2, 0) is 23.7 Å². The molecule has 85 heavy (non-hydrogen) atoms. The molecule has 9 aromatic rings. The number of carbonyl (C=O) groups excluding carboxylic acids is 4. The summed E-state index contributed by atoms with van der Waals surface area (Å²) in [6.07, 6.45) is 15.9. The highest BCUT2D eigenvalue weighted by atomic mass is 16.6. The first-order valence-electron chi connectivity index (χ1n) is 29.8. The van der Waals surface area contributed by atoms with Crippen LogP contribution in [0.15, 0.2) is 146 Å². The molecule has 3 atom stereocenters. The van der Waals surface area contributed by atoms with Gasteiger partial charge in [-0.25, -0.2) is 29.3 Å². The summed E-state index contributed by atoms with van der Waals surface area (Å²) in [6.45, 7) is 1.03. The number of amides is 3. The van der Waals surface area contributed by atoms with Gasteiger partial charge in [0.1, 0.15) is 25.6 Å². The van der Waals surface area contributed by atoms with E-state index in [4.69, 9.17) is 18.9 Å². The molecule has 3 aromatic heterocycles. The number of aromatic nitrogens is 6. The highest BCUT2D eigenvalue weighted by molar-refractivity contribution is 5.95. The number of rotatable bonds is 10. The minimum atomic E-state index is -0.335. The van der Waals surface area contributed by atoms with Crippen molar-refractivity contribution in [3.8, 4) is 0 Å². The largest absolute Gasteiger partial charge is 0.447 e. The number of aliphatic hydroxyl groups excluding tert-OH is 1. The maximum Gasteiger partial charge on any atom is 0.415 e. The Bertz CT molecular complexity index is 3820. The Hall–Kier alpha value is -8.87. The highest BCUT2D eigenvalue weighted by Gasteiger charge is 2.39. The summed E-state index contributed by atoms with van der Waals surface area (Å²) in [4.78, 5) is 76.0. The van der Waals surface area contributed by atoms with Crippen molar-refractivity contribution >= 4 is 74.2 Å². The van der Waals surface area contributed by atoms with Crippen molar-refractivity contribution in [1.29, 1.82) is 0 Å². The number of Topliss-reactive ketones (excluding diaryl/α,β-unsaturated/α-hetero) is 1. The quantitative estimate of drug-likeness (QED) is 0.0940. The summed E-state index contributed by atoms with van der Waals surface area (Å²) in [5.74, 6) is 1.93. The molecule has 3 aliphatic heterocycles. The normalized spacial score (nSPS) is 23.6. The maximum absolute atomic E-state index is 12.5. The Balaban J connectivity index is 0.000000119.